The molecule has 1 amide bonds. The molecule has 6 nitrogen and oxygen atoms in total. The number of ether oxygens (including phenoxy) is 1. The molecule has 0 fully saturated rings. The molecule has 6 heteroatoms. The first-order valence-electron chi connectivity index (χ1n) is 9.10. The normalized spacial score (nSPS) is 12.3. The SMILES string of the molecule is CCNC(=NCc1cccc(OCC(N)=O)c1)NC(C)c1ccccc1C. The number of carbonyl (C=O) groups excluding carboxylic acids is 1. The van der Waals surface area contributed by atoms with E-state index in [-0.39, 0.29) is 12.6 Å². The number of nitrogens with two attached hydrogens (primary N) is 1. The van der Waals surface area contributed by atoms with Crippen molar-refractivity contribution < 1.29 is 9.53 Å². The minimum atomic E-state index is -0.498. The Bertz CT molecular complexity index is 789. The van der Waals surface area contributed by atoms with E-state index in [2.05, 4.69) is 41.6 Å². The van der Waals surface area contributed by atoms with E-state index in [1.807, 2.05) is 37.3 Å². The van der Waals surface area contributed by atoms with Gasteiger partial charge >= 0.3 is 0 Å². The zero-order valence-electron chi connectivity index (χ0n) is 16.2. The molecule has 0 saturated heterocycles. The molecule has 0 bridgehead atoms. The molecular formula is C21H28N4O2. The number of primary amides is 1. The molecule has 0 spiro atoms. The van der Waals surface area contributed by atoms with Crippen LogP contribution >= 0.6 is 0 Å². The molecule has 0 aliphatic heterocycles. The first-order chi connectivity index (χ1) is 13.0. The van der Waals surface area contributed by atoms with E-state index >= 15 is 0 Å². The van der Waals surface area contributed by atoms with Crippen LogP contribution in [0.1, 0.15) is 36.6 Å². The fraction of sp³-hybridized carbons (Fsp3) is 0.333. The largest absolute Gasteiger partial charge is 0.484 e. The Morgan fingerprint density at radius 2 is 2.00 bits per heavy atom. The zero-order valence-corrected chi connectivity index (χ0v) is 16.2. The lowest BCUT2D eigenvalue weighted by Crippen LogP contribution is -2.38. The smallest absolute Gasteiger partial charge is 0.255 e. The Kier molecular flexibility index (Phi) is 7.67. The maximum atomic E-state index is 10.8. The predicted octanol–water partition coefficient (Wildman–Crippen LogP) is 2.68. The van der Waals surface area contributed by atoms with Crippen molar-refractivity contribution in [3.8, 4) is 5.75 Å². The third-order valence-electron chi connectivity index (χ3n) is 4.05. The lowest BCUT2D eigenvalue weighted by molar-refractivity contribution is -0.119. The van der Waals surface area contributed by atoms with Gasteiger partial charge in [0.25, 0.3) is 5.91 Å². The summed E-state index contributed by atoms with van der Waals surface area (Å²) in [5, 5.41) is 6.72. The molecule has 144 valence electrons. The Morgan fingerprint density at radius 1 is 1.22 bits per heavy atom. The molecule has 0 aliphatic rings. The van der Waals surface area contributed by atoms with Crippen LogP contribution in [0.15, 0.2) is 53.5 Å². The highest BCUT2D eigenvalue weighted by molar-refractivity contribution is 5.80. The van der Waals surface area contributed by atoms with Crippen LogP contribution in [0.4, 0.5) is 0 Å². The van der Waals surface area contributed by atoms with Crippen molar-refractivity contribution in [1.29, 1.82) is 0 Å². The van der Waals surface area contributed by atoms with Gasteiger partial charge in [-0.15, -0.1) is 0 Å². The van der Waals surface area contributed by atoms with Crippen molar-refractivity contribution in [2.75, 3.05) is 13.2 Å². The third-order valence-corrected chi connectivity index (χ3v) is 4.05. The van der Waals surface area contributed by atoms with Crippen LogP contribution in [0, 0.1) is 6.92 Å². The number of hydrogen-bond acceptors (Lipinski definition) is 3. The average Bonchev–Trinajstić information content (AvgIpc) is 2.65. The minimum absolute atomic E-state index is 0.134. The summed E-state index contributed by atoms with van der Waals surface area (Å²) in [7, 11) is 0. The summed E-state index contributed by atoms with van der Waals surface area (Å²) >= 11 is 0. The Balaban J connectivity index is 2.05. The van der Waals surface area contributed by atoms with E-state index in [0.29, 0.717) is 12.3 Å². The van der Waals surface area contributed by atoms with Crippen molar-refractivity contribution in [1.82, 2.24) is 10.6 Å². The molecule has 27 heavy (non-hydrogen) atoms. The minimum Gasteiger partial charge on any atom is -0.484 e. The van der Waals surface area contributed by atoms with Gasteiger partial charge in [0.15, 0.2) is 12.6 Å². The van der Waals surface area contributed by atoms with Gasteiger partial charge in [-0.2, -0.15) is 0 Å². The standard InChI is InChI=1S/C21H28N4O2/c1-4-23-21(25-16(3)19-11-6-5-8-15(19)2)24-13-17-9-7-10-18(12-17)27-14-20(22)26/h5-12,16H,4,13-14H2,1-3H3,(H2,22,26)(H2,23,24,25). The molecule has 1 unspecified atom stereocenters. The molecule has 4 N–H and O–H groups in total. The predicted molar refractivity (Wildman–Crippen MR) is 109 cm³/mol. The van der Waals surface area contributed by atoms with Gasteiger partial charge in [-0.25, -0.2) is 4.99 Å². The highest BCUT2D eigenvalue weighted by Gasteiger charge is 2.09. The summed E-state index contributed by atoms with van der Waals surface area (Å²) < 4.78 is 5.34. The molecule has 2 aromatic rings. The highest BCUT2D eigenvalue weighted by atomic mass is 16.5. The number of nitrogens with one attached hydrogen (secondary N) is 2. The molecule has 0 aromatic heterocycles. The van der Waals surface area contributed by atoms with Crippen molar-refractivity contribution >= 4 is 11.9 Å². The topological polar surface area (TPSA) is 88.7 Å². The number of nitrogens with zero attached hydrogens (tertiary/aromatic N) is 1. The van der Waals surface area contributed by atoms with Gasteiger partial charge in [0.2, 0.25) is 0 Å². The van der Waals surface area contributed by atoms with Gasteiger partial charge in [0, 0.05) is 6.54 Å². The van der Waals surface area contributed by atoms with Crippen LogP contribution in [0.5, 0.6) is 5.75 Å². The van der Waals surface area contributed by atoms with Gasteiger partial charge in [0.1, 0.15) is 5.75 Å². The molecule has 1 atom stereocenters. The van der Waals surface area contributed by atoms with Crippen LogP contribution in [0.2, 0.25) is 0 Å². The molecule has 2 rings (SSSR count). The summed E-state index contributed by atoms with van der Waals surface area (Å²) in [6.45, 7) is 7.39. The monoisotopic (exact) mass is 368 g/mol. The van der Waals surface area contributed by atoms with Crippen molar-refractivity contribution in [3.05, 3.63) is 65.2 Å². The van der Waals surface area contributed by atoms with Crippen LogP contribution < -0.4 is 21.1 Å². The summed E-state index contributed by atoms with van der Waals surface area (Å²) in [6.07, 6.45) is 0. The second-order valence-corrected chi connectivity index (χ2v) is 6.32. The van der Waals surface area contributed by atoms with E-state index in [9.17, 15) is 4.79 Å². The third kappa shape index (κ3) is 6.66. The first kappa shape index (κ1) is 20.3. The van der Waals surface area contributed by atoms with E-state index in [1.165, 1.54) is 11.1 Å². The van der Waals surface area contributed by atoms with Crippen molar-refractivity contribution in [2.45, 2.75) is 33.4 Å². The maximum absolute atomic E-state index is 10.8. The van der Waals surface area contributed by atoms with E-state index in [4.69, 9.17) is 10.5 Å². The molecule has 0 heterocycles. The van der Waals surface area contributed by atoms with Crippen molar-refractivity contribution in [3.63, 3.8) is 0 Å². The summed E-state index contributed by atoms with van der Waals surface area (Å²) in [5.41, 5.74) is 8.58. The van der Waals surface area contributed by atoms with Crippen LogP contribution in [0.3, 0.4) is 0 Å². The number of aliphatic imine (C=N–C) groups is 1. The number of amides is 1. The lowest BCUT2D eigenvalue weighted by atomic mass is 10.0. The van der Waals surface area contributed by atoms with E-state index < -0.39 is 5.91 Å². The van der Waals surface area contributed by atoms with E-state index in [1.54, 1.807) is 6.07 Å². The second kappa shape index (κ2) is 10.2. The van der Waals surface area contributed by atoms with Crippen LogP contribution in [-0.2, 0) is 11.3 Å². The average molecular weight is 368 g/mol. The van der Waals surface area contributed by atoms with Gasteiger partial charge in [-0.1, -0.05) is 36.4 Å². The Morgan fingerprint density at radius 3 is 2.70 bits per heavy atom. The number of rotatable bonds is 8. The van der Waals surface area contributed by atoms with E-state index in [0.717, 1.165) is 18.1 Å². The number of aryl methyl sites for hydroxylation is 1. The summed E-state index contributed by atoms with van der Waals surface area (Å²) in [6, 6.07) is 15.9. The molecular weight excluding hydrogens is 340 g/mol. The number of benzene rings is 2. The second-order valence-electron chi connectivity index (χ2n) is 6.32. The van der Waals surface area contributed by atoms with Crippen molar-refractivity contribution in [2.24, 2.45) is 10.7 Å². The maximum Gasteiger partial charge on any atom is 0.255 e. The van der Waals surface area contributed by atoms with Gasteiger partial charge in [-0.05, 0) is 49.6 Å². The fourth-order valence-electron chi connectivity index (χ4n) is 2.73. The highest BCUT2D eigenvalue weighted by Crippen LogP contribution is 2.17. The number of hydrogen-bond donors (Lipinski definition) is 3. The Labute approximate surface area is 160 Å². The molecule has 2 aromatic carbocycles. The summed E-state index contributed by atoms with van der Waals surface area (Å²) in [5.74, 6) is 0.853. The summed E-state index contributed by atoms with van der Waals surface area (Å²) in [4.78, 5) is 15.5. The molecule has 0 radical (unpaired) electrons. The molecule has 0 saturated carbocycles. The van der Waals surface area contributed by atoms with Gasteiger partial charge in [0.05, 0.1) is 12.6 Å². The number of guanidine groups is 1. The fourth-order valence-corrected chi connectivity index (χ4v) is 2.73. The first-order valence-corrected chi connectivity index (χ1v) is 9.10. The Hall–Kier alpha value is -3.02. The van der Waals surface area contributed by atoms with Crippen LogP contribution in [0.25, 0.3) is 0 Å². The number of carbonyl (C=O) groups is 1. The van der Waals surface area contributed by atoms with Gasteiger partial charge < -0.3 is 21.1 Å². The van der Waals surface area contributed by atoms with Crippen LogP contribution in [-0.4, -0.2) is 25.0 Å². The van der Waals surface area contributed by atoms with Gasteiger partial charge in [-0.3, -0.25) is 4.79 Å². The quantitative estimate of drug-likeness (QED) is 0.494. The lowest BCUT2D eigenvalue weighted by Gasteiger charge is -2.19. The molecule has 0 aliphatic carbocycles. The zero-order chi connectivity index (χ0) is 19.6.